The Morgan fingerprint density at radius 2 is 1.60 bits per heavy atom. The Hall–Kier alpha value is -1.13. The number of hydrogen-bond donors (Lipinski definition) is 1. The van der Waals surface area contributed by atoms with Crippen LogP contribution in [0.2, 0.25) is 20.1 Å². The molecule has 0 bridgehead atoms. The van der Waals surface area contributed by atoms with E-state index in [2.05, 4.69) is 5.32 Å². The first kappa shape index (κ1) is 15.3. The molecule has 0 atom stereocenters. The van der Waals surface area contributed by atoms with Gasteiger partial charge in [0.15, 0.2) is 5.75 Å². The quantitative estimate of drug-likeness (QED) is 0.730. The predicted molar refractivity (Wildman–Crippen MR) is 82.6 cm³/mol. The van der Waals surface area contributed by atoms with Crippen LogP contribution in [-0.2, 0) is 0 Å². The summed E-state index contributed by atoms with van der Waals surface area (Å²) in [5, 5.41) is 3.90. The third-order valence-electron chi connectivity index (χ3n) is 2.26. The van der Waals surface area contributed by atoms with E-state index in [4.69, 9.17) is 51.1 Å². The highest BCUT2D eigenvalue weighted by molar-refractivity contribution is 6.42. The number of carbonyl (C=O) groups is 1. The monoisotopic (exact) mass is 349 g/mol. The molecule has 2 aromatic rings. The molecule has 1 amide bonds. The summed E-state index contributed by atoms with van der Waals surface area (Å²) in [5.74, 6) is 0.164. The van der Waals surface area contributed by atoms with Crippen molar-refractivity contribution in [1.29, 1.82) is 0 Å². The molecule has 0 spiro atoms. The number of nitrogens with one attached hydrogen (secondary N) is 1. The van der Waals surface area contributed by atoms with E-state index in [0.717, 1.165) is 0 Å². The molecule has 0 radical (unpaired) electrons. The number of halogens is 4. The van der Waals surface area contributed by atoms with Gasteiger partial charge >= 0.3 is 6.09 Å². The van der Waals surface area contributed by atoms with Gasteiger partial charge in [-0.1, -0.05) is 46.4 Å². The lowest BCUT2D eigenvalue weighted by atomic mass is 10.3. The van der Waals surface area contributed by atoms with Crippen LogP contribution in [0, 0.1) is 0 Å². The predicted octanol–water partition coefficient (Wildman–Crippen LogP) is 5.91. The fraction of sp³-hybridized carbons (Fsp3) is 0. The zero-order valence-electron chi connectivity index (χ0n) is 9.79. The van der Waals surface area contributed by atoms with Crippen LogP contribution in [0.5, 0.6) is 5.75 Å². The molecular weight excluding hydrogens is 344 g/mol. The van der Waals surface area contributed by atoms with Crippen molar-refractivity contribution in [2.75, 3.05) is 5.32 Å². The van der Waals surface area contributed by atoms with Crippen molar-refractivity contribution >= 4 is 58.2 Å². The molecule has 104 valence electrons. The lowest BCUT2D eigenvalue weighted by molar-refractivity contribution is 0.215. The molecule has 0 heterocycles. The van der Waals surface area contributed by atoms with Crippen molar-refractivity contribution in [3.8, 4) is 5.75 Å². The molecule has 2 rings (SSSR count). The summed E-state index contributed by atoms with van der Waals surface area (Å²) in [7, 11) is 0. The van der Waals surface area contributed by atoms with E-state index in [0.29, 0.717) is 20.8 Å². The van der Waals surface area contributed by atoms with Crippen molar-refractivity contribution in [1.82, 2.24) is 0 Å². The Morgan fingerprint density at radius 1 is 0.900 bits per heavy atom. The Labute approximate surface area is 135 Å². The average molecular weight is 351 g/mol. The fourth-order valence-electron chi connectivity index (χ4n) is 1.37. The maximum atomic E-state index is 11.7. The second-order valence-corrected chi connectivity index (χ2v) is 5.38. The average Bonchev–Trinajstić information content (AvgIpc) is 2.38. The number of hydrogen-bond acceptors (Lipinski definition) is 2. The van der Waals surface area contributed by atoms with Crippen molar-refractivity contribution in [2.45, 2.75) is 0 Å². The van der Waals surface area contributed by atoms with Crippen molar-refractivity contribution < 1.29 is 9.53 Å². The van der Waals surface area contributed by atoms with Gasteiger partial charge in [0.1, 0.15) is 0 Å². The van der Waals surface area contributed by atoms with Crippen LogP contribution in [-0.4, -0.2) is 6.09 Å². The van der Waals surface area contributed by atoms with Crippen molar-refractivity contribution in [3.63, 3.8) is 0 Å². The van der Waals surface area contributed by atoms with Crippen LogP contribution in [0.15, 0.2) is 36.4 Å². The van der Waals surface area contributed by atoms with Gasteiger partial charge in [-0.2, -0.15) is 0 Å². The van der Waals surface area contributed by atoms with E-state index < -0.39 is 6.09 Å². The lowest BCUT2D eigenvalue weighted by Crippen LogP contribution is -2.16. The number of ether oxygens (including phenoxy) is 1. The molecule has 0 aliphatic heterocycles. The molecular formula is C13H7Cl4NO2. The van der Waals surface area contributed by atoms with E-state index in [1.165, 1.54) is 18.2 Å². The van der Waals surface area contributed by atoms with Crippen LogP contribution in [0.1, 0.15) is 0 Å². The van der Waals surface area contributed by atoms with Gasteiger partial charge in [-0.25, -0.2) is 4.79 Å². The van der Waals surface area contributed by atoms with E-state index in [1.54, 1.807) is 18.2 Å². The molecule has 0 saturated heterocycles. The van der Waals surface area contributed by atoms with Crippen LogP contribution in [0.3, 0.4) is 0 Å². The van der Waals surface area contributed by atoms with Gasteiger partial charge in [0, 0.05) is 16.8 Å². The zero-order valence-corrected chi connectivity index (χ0v) is 12.8. The standard InChI is InChI=1S/C13H7Cl4NO2/c14-7-1-3-10(16)12(5-7)20-13(19)18-8-2-4-9(15)11(17)6-8/h1-6H,(H,18,19). The zero-order chi connectivity index (χ0) is 14.7. The Balaban J connectivity index is 2.09. The molecule has 0 saturated carbocycles. The first-order valence-electron chi connectivity index (χ1n) is 5.34. The van der Waals surface area contributed by atoms with Crippen LogP contribution >= 0.6 is 46.4 Å². The van der Waals surface area contributed by atoms with Gasteiger partial charge < -0.3 is 4.74 Å². The summed E-state index contributed by atoms with van der Waals surface area (Å²) in [5.41, 5.74) is 0.447. The molecule has 0 aliphatic carbocycles. The van der Waals surface area contributed by atoms with E-state index in [1.807, 2.05) is 0 Å². The summed E-state index contributed by atoms with van der Waals surface area (Å²) >= 11 is 23.3. The Bertz CT molecular complexity index is 661. The largest absolute Gasteiger partial charge is 0.417 e. The maximum Gasteiger partial charge on any atom is 0.417 e. The summed E-state index contributed by atoms with van der Waals surface area (Å²) in [4.78, 5) is 11.7. The molecule has 0 aliphatic rings. The highest BCUT2D eigenvalue weighted by Gasteiger charge is 2.10. The summed E-state index contributed by atoms with van der Waals surface area (Å²) in [6, 6.07) is 9.23. The lowest BCUT2D eigenvalue weighted by Gasteiger charge is -2.08. The minimum absolute atomic E-state index is 0.164. The van der Waals surface area contributed by atoms with Gasteiger partial charge in [-0.05, 0) is 30.3 Å². The first-order valence-corrected chi connectivity index (χ1v) is 6.86. The highest BCUT2D eigenvalue weighted by Crippen LogP contribution is 2.28. The normalized spacial score (nSPS) is 10.2. The van der Waals surface area contributed by atoms with Crippen LogP contribution in [0.25, 0.3) is 0 Å². The smallest absolute Gasteiger partial charge is 0.408 e. The van der Waals surface area contributed by atoms with E-state index in [-0.39, 0.29) is 10.8 Å². The molecule has 7 heteroatoms. The van der Waals surface area contributed by atoms with E-state index in [9.17, 15) is 4.79 Å². The van der Waals surface area contributed by atoms with Crippen LogP contribution in [0.4, 0.5) is 10.5 Å². The maximum absolute atomic E-state index is 11.7. The number of anilines is 1. The Kier molecular flexibility index (Phi) is 5.00. The van der Waals surface area contributed by atoms with Crippen molar-refractivity contribution in [2.24, 2.45) is 0 Å². The molecule has 1 N–H and O–H groups in total. The molecule has 0 aromatic heterocycles. The minimum Gasteiger partial charge on any atom is -0.408 e. The SMILES string of the molecule is O=C(Nc1ccc(Cl)c(Cl)c1)Oc1cc(Cl)ccc1Cl. The highest BCUT2D eigenvalue weighted by atomic mass is 35.5. The van der Waals surface area contributed by atoms with Gasteiger partial charge in [-0.15, -0.1) is 0 Å². The molecule has 0 fully saturated rings. The topological polar surface area (TPSA) is 38.3 Å². The first-order chi connectivity index (χ1) is 9.45. The summed E-state index contributed by atoms with van der Waals surface area (Å²) in [6.07, 6.45) is -0.715. The second-order valence-electron chi connectivity index (χ2n) is 3.72. The van der Waals surface area contributed by atoms with Crippen LogP contribution < -0.4 is 10.1 Å². The molecule has 3 nitrogen and oxygen atoms in total. The number of benzene rings is 2. The summed E-state index contributed by atoms with van der Waals surface area (Å²) < 4.78 is 5.06. The molecule has 2 aromatic carbocycles. The minimum atomic E-state index is -0.715. The van der Waals surface area contributed by atoms with Gasteiger partial charge in [0.25, 0.3) is 0 Å². The van der Waals surface area contributed by atoms with E-state index >= 15 is 0 Å². The number of carbonyl (C=O) groups excluding carboxylic acids is 1. The van der Waals surface area contributed by atoms with Crippen molar-refractivity contribution in [3.05, 3.63) is 56.5 Å². The fourth-order valence-corrected chi connectivity index (χ4v) is 1.99. The second kappa shape index (κ2) is 6.55. The third-order valence-corrected chi connectivity index (χ3v) is 3.55. The molecule has 20 heavy (non-hydrogen) atoms. The number of rotatable bonds is 2. The van der Waals surface area contributed by atoms with Gasteiger partial charge in [0.2, 0.25) is 0 Å². The Morgan fingerprint density at radius 3 is 2.30 bits per heavy atom. The van der Waals surface area contributed by atoms with Gasteiger partial charge in [0.05, 0.1) is 15.1 Å². The molecule has 0 unspecified atom stereocenters. The number of amides is 1. The summed E-state index contributed by atoms with van der Waals surface area (Å²) in [6.45, 7) is 0. The van der Waals surface area contributed by atoms with Gasteiger partial charge in [-0.3, -0.25) is 5.32 Å². The third kappa shape index (κ3) is 3.93.